The first-order chi connectivity index (χ1) is 7.81. The third-order valence-corrected chi connectivity index (χ3v) is 3.41. The topological polar surface area (TPSA) is 17.0 Å². The van der Waals surface area contributed by atoms with E-state index >= 15 is 0 Å². The summed E-state index contributed by atoms with van der Waals surface area (Å²) in [4.78, 5) is 0. The average molecular weight is 236 g/mol. The highest BCUT2D eigenvalue weighted by atomic mass is 14.9. The Bertz CT molecular complexity index is 356. The van der Waals surface area contributed by atoms with E-state index in [0.29, 0.717) is 0 Å². The highest BCUT2D eigenvalue weighted by Gasteiger charge is 2.08. The van der Waals surface area contributed by atoms with Crippen LogP contribution in [0.1, 0.15) is 50.6 Å². The lowest BCUT2D eigenvalue weighted by Crippen LogP contribution is -2.36. The highest BCUT2D eigenvalue weighted by Crippen LogP contribution is 2.15. The van der Waals surface area contributed by atoms with Gasteiger partial charge in [-0.3, -0.25) is 0 Å². The summed E-state index contributed by atoms with van der Waals surface area (Å²) in [6, 6.07) is 2.33. The fourth-order valence-corrected chi connectivity index (χ4v) is 2.09. The van der Waals surface area contributed by atoms with Crippen LogP contribution in [0.2, 0.25) is 0 Å². The predicted molar refractivity (Wildman–Crippen MR) is 75.6 cm³/mol. The van der Waals surface area contributed by atoms with E-state index in [2.05, 4.69) is 57.6 Å². The number of rotatable bonds is 5. The summed E-state index contributed by atoms with van der Waals surface area (Å²) in [7, 11) is 2.15. The lowest BCUT2D eigenvalue weighted by molar-refractivity contribution is 0.419. The summed E-state index contributed by atoms with van der Waals surface area (Å²) in [6.07, 6.45) is 3.73. The number of unbranched alkanes of at least 4 members (excludes halogenated alkanes) is 1. The molecule has 0 saturated carbocycles. The normalized spacial score (nSPS) is 12.1. The summed E-state index contributed by atoms with van der Waals surface area (Å²) < 4.78 is 2.28. The van der Waals surface area contributed by atoms with Crippen LogP contribution in [0.15, 0.2) is 6.07 Å². The smallest absolute Gasteiger partial charge is 0.0175 e. The van der Waals surface area contributed by atoms with E-state index < -0.39 is 0 Å². The van der Waals surface area contributed by atoms with Crippen molar-refractivity contribution in [3.05, 3.63) is 23.0 Å². The van der Waals surface area contributed by atoms with Crippen molar-refractivity contribution in [1.82, 2.24) is 9.88 Å². The number of nitrogens with zero attached hydrogens (tertiary/aromatic N) is 1. The lowest BCUT2D eigenvalue weighted by Gasteiger charge is -2.20. The van der Waals surface area contributed by atoms with Gasteiger partial charge in [-0.2, -0.15) is 0 Å². The molecule has 1 heterocycles. The Morgan fingerprint density at radius 3 is 2.29 bits per heavy atom. The minimum absolute atomic E-state index is 0.249. The van der Waals surface area contributed by atoms with Gasteiger partial charge in [-0.15, -0.1) is 0 Å². The maximum atomic E-state index is 3.53. The van der Waals surface area contributed by atoms with Crippen LogP contribution >= 0.6 is 0 Å². The van der Waals surface area contributed by atoms with Gasteiger partial charge < -0.3 is 9.88 Å². The number of aryl methyl sites for hydroxylation is 2. The van der Waals surface area contributed by atoms with Crippen molar-refractivity contribution in [2.75, 3.05) is 6.54 Å². The molecule has 0 radical (unpaired) electrons. The fourth-order valence-electron chi connectivity index (χ4n) is 2.09. The molecule has 0 aliphatic rings. The van der Waals surface area contributed by atoms with Gasteiger partial charge in [0.05, 0.1) is 0 Å². The molecule has 0 saturated heterocycles. The second kappa shape index (κ2) is 5.72. The average Bonchev–Trinajstić information content (AvgIpc) is 2.44. The summed E-state index contributed by atoms with van der Waals surface area (Å²) in [5, 5.41) is 3.53. The van der Waals surface area contributed by atoms with Gasteiger partial charge in [0.15, 0.2) is 0 Å². The minimum Gasteiger partial charge on any atom is -0.352 e. The molecule has 0 amide bonds. The molecule has 98 valence electrons. The number of hydrogen-bond donors (Lipinski definition) is 1. The highest BCUT2D eigenvalue weighted by molar-refractivity contribution is 5.26. The van der Waals surface area contributed by atoms with Gasteiger partial charge in [0.2, 0.25) is 0 Å². The summed E-state index contributed by atoms with van der Waals surface area (Å²) in [6.45, 7) is 12.2. The van der Waals surface area contributed by atoms with E-state index in [9.17, 15) is 0 Å². The first-order valence-electron chi connectivity index (χ1n) is 6.68. The molecule has 0 unspecified atom stereocenters. The zero-order chi connectivity index (χ0) is 13.1. The predicted octanol–water partition coefficient (Wildman–Crippen LogP) is 3.35. The van der Waals surface area contributed by atoms with Crippen molar-refractivity contribution in [2.24, 2.45) is 7.05 Å². The van der Waals surface area contributed by atoms with Crippen molar-refractivity contribution in [3.8, 4) is 0 Å². The Morgan fingerprint density at radius 2 is 1.82 bits per heavy atom. The molecule has 1 aromatic heterocycles. The summed E-state index contributed by atoms with van der Waals surface area (Å²) in [5.41, 5.74) is 4.55. The van der Waals surface area contributed by atoms with Crippen LogP contribution in [0.4, 0.5) is 0 Å². The Hall–Kier alpha value is -0.760. The zero-order valence-electron chi connectivity index (χ0n) is 12.4. The molecule has 1 rings (SSSR count). The van der Waals surface area contributed by atoms with Gasteiger partial charge in [0, 0.05) is 24.0 Å². The zero-order valence-corrected chi connectivity index (χ0v) is 12.4. The maximum absolute atomic E-state index is 3.53. The molecule has 17 heavy (non-hydrogen) atoms. The monoisotopic (exact) mass is 236 g/mol. The van der Waals surface area contributed by atoms with E-state index in [4.69, 9.17) is 0 Å². The van der Waals surface area contributed by atoms with Gasteiger partial charge in [-0.05, 0) is 72.1 Å². The van der Waals surface area contributed by atoms with Crippen LogP contribution in [0.25, 0.3) is 0 Å². The fraction of sp³-hybridized carbons (Fsp3) is 0.733. The second-order valence-corrected chi connectivity index (χ2v) is 6.09. The van der Waals surface area contributed by atoms with E-state index in [1.807, 2.05) is 0 Å². The van der Waals surface area contributed by atoms with E-state index in [1.54, 1.807) is 0 Å². The molecular formula is C15H28N2. The molecule has 0 aliphatic heterocycles. The van der Waals surface area contributed by atoms with Crippen molar-refractivity contribution < 1.29 is 0 Å². The molecule has 1 aromatic rings. The maximum Gasteiger partial charge on any atom is 0.0175 e. The number of nitrogens with one attached hydrogen (secondary N) is 1. The Labute approximate surface area is 106 Å². The molecule has 1 N–H and O–H groups in total. The van der Waals surface area contributed by atoms with Crippen molar-refractivity contribution in [1.29, 1.82) is 0 Å². The number of aromatic nitrogens is 1. The molecule has 0 fully saturated rings. The molecule has 0 aliphatic carbocycles. The van der Waals surface area contributed by atoms with Gasteiger partial charge in [-0.1, -0.05) is 0 Å². The second-order valence-electron chi connectivity index (χ2n) is 6.09. The third-order valence-electron chi connectivity index (χ3n) is 3.41. The summed E-state index contributed by atoms with van der Waals surface area (Å²) in [5.74, 6) is 0. The van der Waals surface area contributed by atoms with Crippen LogP contribution in [0, 0.1) is 13.8 Å². The Balaban J connectivity index is 2.29. The molecule has 0 spiro atoms. The first-order valence-corrected chi connectivity index (χ1v) is 6.68. The summed E-state index contributed by atoms with van der Waals surface area (Å²) >= 11 is 0. The molecular weight excluding hydrogens is 208 g/mol. The Kier molecular flexibility index (Phi) is 4.81. The lowest BCUT2D eigenvalue weighted by atomic mass is 10.1. The van der Waals surface area contributed by atoms with Crippen LogP contribution in [0.3, 0.4) is 0 Å². The molecule has 0 aromatic carbocycles. The first kappa shape index (κ1) is 14.3. The van der Waals surface area contributed by atoms with Crippen LogP contribution in [-0.4, -0.2) is 16.7 Å². The largest absolute Gasteiger partial charge is 0.352 e. The van der Waals surface area contributed by atoms with Gasteiger partial charge in [0.1, 0.15) is 0 Å². The molecule has 0 atom stereocenters. The number of hydrogen-bond acceptors (Lipinski definition) is 1. The van der Waals surface area contributed by atoms with Crippen molar-refractivity contribution >= 4 is 0 Å². The molecule has 0 bridgehead atoms. The molecule has 2 nitrogen and oxygen atoms in total. The SMILES string of the molecule is Cc1cc(CCCCNC(C)(C)C)c(C)n1C. The Morgan fingerprint density at radius 1 is 1.18 bits per heavy atom. The molecule has 2 heteroatoms. The third kappa shape index (κ3) is 4.55. The minimum atomic E-state index is 0.249. The van der Waals surface area contributed by atoms with Crippen LogP contribution in [-0.2, 0) is 13.5 Å². The van der Waals surface area contributed by atoms with Crippen LogP contribution < -0.4 is 5.32 Å². The van der Waals surface area contributed by atoms with Crippen LogP contribution in [0.5, 0.6) is 0 Å². The van der Waals surface area contributed by atoms with E-state index in [-0.39, 0.29) is 5.54 Å². The van der Waals surface area contributed by atoms with E-state index in [0.717, 1.165) is 6.54 Å². The van der Waals surface area contributed by atoms with Crippen molar-refractivity contribution in [3.63, 3.8) is 0 Å². The quantitative estimate of drug-likeness (QED) is 0.776. The van der Waals surface area contributed by atoms with Gasteiger partial charge >= 0.3 is 0 Å². The standard InChI is InChI=1S/C15H28N2/c1-12-11-14(13(2)17(12)6)9-7-8-10-16-15(3,4)5/h11,16H,7-10H2,1-6H3. The van der Waals surface area contributed by atoms with Crippen molar-refractivity contribution in [2.45, 2.75) is 59.4 Å². The van der Waals surface area contributed by atoms with Gasteiger partial charge in [0.25, 0.3) is 0 Å². The van der Waals surface area contributed by atoms with E-state index in [1.165, 1.54) is 36.2 Å². The van der Waals surface area contributed by atoms with Gasteiger partial charge in [-0.25, -0.2) is 0 Å².